The Labute approximate surface area is 133 Å². The normalized spacial score (nSPS) is 10.5. The lowest BCUT2D eigenvalue weighted by atomic mass is 10.1. The Hall–Kier alpha value is -2.63. The Morgan fingerprint density at radius 1 is 1.22 bits per heavy atom. The summed E-state index contributed by atoms with van der Waals surface area (Å²) in [5.41, 5.74) is -0.263. The predicted octanol–water partition coefficient (Wildman–Crippen LogP) is 2.21. The second-order valence-electron chi connectivity index (χ2n) is 5.10. The molecule has 1 heterocycles. The molecule has 23 heavy (non-hydrogen) atoms. The molecule has 0 bridgehead atoms. The maximum Gasteiger partial charge on any atom is 0.349 e. The number of fused-ring (bicyclic) bond motifs is 1. The Balaban J connectivity index is 2.30. The van der Waals surface area contributed by atoms with Crippen molar-refractivity contribution in [1.82, 2.24) is 4.90 Å². The zero-order valence-electron chi connectivity index (χ0n) is 13.2. The van der Waals surface area contributed by atoms with Gasteiger partial charge in [0.15, 0.2) is 0 Å². The Morgan fingerprint density at radius 3 is 2.65 bits per heavy atom. The van der Waals surface area contributed by atoms with Crippen molar-refractivity contribution in [2.75, 3.05) is 20.2 Å². The molecular formula is C17H19NO5. The minimum absolute atomic E-state index is 0.0259. The molecule has 0 unspecified atom stereocenters. The third-order valence-corrected chi connectivity index (χ3v) is 3.47. The van der Waals surface area contributed by atoms with Crippen molar-refractivity contribution in [3.05, 3.63) is 46.3 Å². The summed E-state index contributed by atoms with van der Waals surface area (Å²) in [6, 6.07) is 8.54. The van der Waals surface area contributed by atoms with Crippen molar-refractivity contribution in [3.8, 4) is 0 Å². The molecule has 0 aliphatic heterocycles. The van der Waals surface area contributed by atoms with E-state index in [-0.39, 0.29) is 18.5 Å². The molecule has 2 rings (SSSR count). The van der Waals surface area contributed by atoms with Crippen LogP contribution in [0, 0.1) is 0 Å². The van der Waals surface area contributed by atoms with Gasteiger partial charge in [-0.15, -0.1) is 0 Å². The third-order valence-electron chi connectivity index (χ3n) is 3.47. The van der Waals surface area contributed by atoms with E-state index in [1.165, 1.54) is 18.1 Å². The van der Waals surface area contributed by atoms with Crippen molar-refractivity contribution in [2.45, 2.75) is 19.8 Å². The van der Waals surface area contributed by atoms with Crippen LogP contribution < -0.4 is 5.63 Å². The Kier molecular flexibility index (Phi) is 5.51. The van der Waals surface area contributed by atoms with E-state index in [0.717, 1.165) is 0 Å². The van der Waals surface area contributed by atoms with E-state index < -0.39 is 17.5 Å². The van der Waals surface area contributed by atoms with Gasteiger partial charge in [-0.25, -0.2) is 4.79 Å². The van der Waals surface area contributed by atoms with Gasteiger partial charge in [0, 0.05) is 18.5 Å². The van der Waals surface area contributed by atoms with E-state index in [2.05, 4.69) is 4.74 Å². The summed E-state index contributed by atoms with van der Waals surface area (Å²) in [7, 11) is 1.30. The molecule has 1 aromatic carbocycles. The van der Waals surface area contributed by atoms with Gasteiger partial charge in [-0.1, -0.05) is 25.1 Å². The number of hydrogen-bond acceptors (Lipinski definition) is 5. The van der Waals surface area contributed by atoms with Gasteiger partial charge in [0.05, 0.1) is 13.5 Å². The van der Waals surface area contributed by atoms with E-state index in [4.69, 9.17) is 4.42 Å². The van der Waals surface area contributed by atoms with Crippen LogP contribution in [0.25, 0.3) is 11.0 Å². The van der Waals surface area contributed by atoms with Crippen molar-refractivity contribution < 1.29 is 18.7 Å². The summed E-state index contributed by atoms with van der Waals surface area (Å²) in [4.78, 5) is 37.4. The molecule has 0 fully saturated rings. The fourth-order valence-corrected chi connectivity index (χ4v) is 2.29. The number of ether oxygens (including phenoxy) is 1. The number of benzene rings is 1. The van der Waals surface area contributed by atoms with Crippen molar-refractivity contribution >= 4 is 22.8 Å². The van der Waals surface area contributed by atoms with Gasteiger partial charge < -0.3 is 14.1 Å². The van der Waals surface area contributed by atoms with Gasteiger partial charge in [-0.3, -0.25) is 9.59 Å². The van der Waals surface area contributed by atoms with Crippen LogP contribution in [0.4, 0.5) is 0 Å². The smallest absolute Gasteiger partial charge is 0.349 e. The van der Waals surface area contributed by atoms with Gasteiger partial charge in [-0.2, -0.15) is 0 Å². The highest BCUT2D eigenvalue weighted by molar-refractivity contribution is 5.96. The van der Waals surface area contributed by atoms with Crippen molar-refractivity contribution in [2.24, 2.45) is 0 Å². The largest absolute Gasteiger partial charge is 0.469 e. The van der Waals surface area contributed by atoms with Crippen LogP contribution in [-0.2, 0) is 9.53 Å². The van der Waals surface area contributed by atoms with Gasteiger partial charge >= 0.3 is 11.6 Å². The van der Waals surface area contributed by atoms with E-state index in [0.29, 0.717) is 23.9 Å². The van der Waals surface area contributed by atoms with Gasteiger partial charge in [-0.05, 0) is 18.6 Å². The molecule has 0 aliphatic carbocycles. The molecule has 2 aromatic rings. The number of hydrogen-bond donors (Lipinski definition) is 0. The van der Waals surface area contributed by atoms with Crippen LogP contribution in [0.2, 0.25) is 0 Å². The average Bonchev–Trinajstić information content (AvgIpc) is 2.57. The lowest BCUT2D eigenvalue weighted by Crippen LogP contribution is -2.36. The molecule has 1 amide bonds. The first-order valence-corrected chi connectivity index (χ1v) is 7.45. The van der Waals surface area contributed by atoms with E-state index in [9.17, 15) is 14.4 Å². The molecule has 0 spiro atoms. The van der Waals surface area contributed by atoms with Gasteiger partial charge in [0.1, 0.15) is 11.1 Å². The number of carbonyl (C=O) groups is 2. The standard InChI is InChI=1S/C17H19NO5/c1-3-9-18(10-8-15(19)22-2)16(20)13-11-12-6-4-5-7-14(12)23-17(13)21/h4-7,11H,3,8-10H2,1-2H3. The van der Waals surface area contributed by atoms with Crippen LogP contribution in [-0.4, -0.2) is 37.0 Å². The Bertz CT molecular complexity index is 765. The molecular weight excluding hydrogens is 298 g/mol. The second kappa shape index (κ2) is 7.58. The van der Waals surface area contributed by atoms with Crippen molar-refractivity contribution in [3.63, 3.8) is 0 Å². The van der Waals surface area contributed by atoms with E-state index in [1.54, 1.807) is 24.3 Å². The monoisotopic (exact) mass is 317 g/mol. The summed E-state index contributed by atoms with van der Waals surface area (Å²) < 4.78 is 9.78. The third kappa shape index (κ3) is 3.97. The number of carbonyl (C=O) groups excluding carboxylic acids is 2. The van der Waals surface area contributed by atoms with Gasteiger partial charge in [0.25, 0.3) is 5.91 Å². The highest BCUT2D eigenvalue weighted by Gasteiger charge is 2.20. The fourth-order valence-electron chi connectivity index (χ4n) is 2.29. The molecule has 0 radical (unpaired) electrons. The summed E-state index contributed by atoms with van der Waals surface area (Å²) in [5.74, 6) is -0.834. The summed E-state index contributed by atoms with van der Waals surface area (Å²) in [6.45, 7) is 2.56. The number of para-hydroxylation sites is 1. The minimum Gasteiger partial charge on any atom is -0.469 e. The zero-order valence-corrected chi connectivity index (χ0v) is 13.2. The quantitative estimate of drug-likeness (QED) is 0.603. The van der Waals surface area contributed by atoms with E-state index >= 15 is 0 Å². The molecule has 122 valence electrons. The molecule has 0 saturated carbocycles. The van der Waals surface area contributed by atoms with E-state index in [1.807, 2.05) is 6.92 Å². The average molecular weight is 317 g/mol. The molecule has 0 N–H and O–H groups in total. The van der Waals surface area contributed by atoms with Crippen LogP contribution in [0.3, 0.4) is 0 Å². The fraction of sp³-hybridized carbons (Fsp3) is 0.353. The number of rotatable bonds is 6. The summed E-state index contributed by atoms with van der Waals surface area (Å²) >= 11 is 0. The highest BCUT2D eigenvalue weighted by atomic mass is 16.5. The van der Waals surface area contributed by atoms with Crippen molar-refractivity contribution in [1.29, 1.82) is 0 Å². The number of nitrogens with zero attached hydrogens (tertiary/aromatic N) is 1. The Morgan fingerprint density at radius 2 is 1.96 bits per heavy atom. The summed E-state index contributed by atoms with van der Waals surface area (Å²) in [6.07, 6.45) is 0.799. The zero-order chi connectivity index (χ0) is 16.8. The SMILES string of the molecule is CCCN(CCC(=O)OC)C(=O)c1cc2ccccc2oc1=O. The lowest BCUT2D eigenvalue weighted by molar-refractivity contribution is -0.140. The first kappa shape index (κ1) is 16.7. The first-order valence-electron chi connectivity index (χ1n) is 7.45. The second-order valence-corrected chi connectivity index (χ2v) is 5.10. The molecule has 0 aliphatic rings. The minimum atomic E-state index is -0.673. The molecule has 0 atom stereocenters. The maximum atomic E-state index is 12.6. The maximum absolute atomic E-state index is 12.6. The van der Waals surface area contributed by atoms with Crippen LogP contribution in [0.15, 0.2) is 39.5 Å². The van der Waals surface area contributed by atoms with Crippen LogP contribution in [0.5, 0.6) is 0 Å². The predicted molar refractivity (Wildman–Crippen MR) is 85.3 cm³/mol. The lowest BCUT2D eigenvalue weighted by Gasteiger charge is -2.21. The number of amides is 1. The van der Waals surface area contributed by atoms with Gasteiger partial charge in [0.2, 0.25) is 0 Å². The number of methoxy groups -OCH3 is 1. The van der Waals surface area contributed by atoms with Crippen LogP contribution >= 0.6 is 0 Å². The topological polar surface area (TPSA) is 76.8 Å². The first-order chi connectivity index (χ1) is 11.1. The molecule has 1 aromatic heterocycles. The summed E-state index contributed by atoms with van der Waals surface area (Å²) in [5, 5.41) is 0.680. The number of esters is 1. The highest BCUT2D eigenvalue weighted by Crippen LogP contribution is 2.14. The molecule has 6 nitrogen and oxygen atoms in total. The molecule has 6 heteroatoms. The van der Waals surface area contributed by atoms with Crippen LogP contribution in [0.1, 0.15) is 30.1 Å². The molecule has 0 saturated heterocycles.